The molecule has 1 aromatic heterocycles. The molecule has 0 aromatic carbocycles. The van der Waals surface area contributed by atoms with Gasteiger partial charge in [0.05, 0.1) is 25.0 Å². The van der Waals surface area contributed by atoms with Gasteiger partial charge in [0.25, 0.3) is 0 Å². The normalized spacial score (nSPS) is 19.7. The van der Waals surface area contributed by atoms with Gasteiger partial charge in [-0.05, 0) is 25.5 Å². The molecule has 0 saturated carbocycles. The molecule has 1 amide bonds. The number of rotatable bonds is 3. The molecule has 2 rings (SSSR count). The molecule has 2 heterocycles. The number of carbonyl (C=O) groups is 1. The van der Waals surface area contributed by atoms with Gasteiger partial charge in [0.1, 0.15) is 0 Å². The second-order valence-corrected chi connectivity index (χ2v) is 4.08. The first-order valence-corrected chi connectivity index (χ1v) is 5.84. The molecule has 0 spiro atoms. The summed E-state index contributed by atoms with van der Waals surface area (Å²) in [6.45, 7) is 0.916. The van der Waals surface area contributed by atoms with Gasteiger partial charge in [-0.2, -0.15) is 0 Å². The molecule has 0 aliphatic carbocycles. The zero-order valence-electron chi connectivity index (χ0n) is 9.90. The third-order valence-corrected chi connectivity index (χ3v) is 2.84. The molecule has 5 nitrogen and oxygen atoms in total. The van der Waals surface area contributed by atoms with E-state index >= 15 is 0 Å². The Morgan fingerprint density at radius 1 is 1.53 bits per heavy atom. The fourth-order valence-corrected chi connectivity index (χ4v) is 1.88. The lowest BCUT2D eigenvalue weighted by Gasteiger charge is -2.22. The number of ether oxygens (including phenoxy) is 1. The molecule has 1 aliphatic rings. The van der Waals surface area contributed by atoms with E-state index in [1.54, 1.807) is 25.4 Å². The Morgan fingerprint density at radius 2 is 2.41 bits per heavy atom. The van der Waals surface area contributed by atoms with E-state index in [0.29, 0.717) is 11.6 Å². The van der Waals surface area contributed by atoms with Crippen LogP contribution in [-0.2, 0) is 4.79 Å². The van der Waals surface area contributed by atoms with Crippen LogP contribution in [0.25, 0.3) is 0 Å². The van der Waals surface area contributed by atoms with Crippen LogP contribution in [0.5, 0.6) is 5.88 Å². The molecule has 0 radical (unpaired) electrons. The highest BCUT2D eigenvalue weighted by Crippen LogP contribution is 2.13. The standard InChI is InChI=1S/C12H17N3O2/c1-17-11-6-5-9(8-14-11)15-12(16)10-4-2-3-7-13-10/h5-6,8,10,13H,2-4,7H2,1H3,(H,15,16)/t10-/m0/s1. The van der Waals surface area contributed by atoms with Crippen molar-refractivity contribution in [2.75, 3.05) is 19.0 Å². The van der Waals surface area contributed by atoms with Crippen LogP contribution in [0.4, 0.5) is 5.69 Å². The average molecular weight is 235 g/mol. The summed E-state index contributed by atoms with van der Waals surface area (Å²) < 4.78 is 4.95. The van der Waals surface area contributed by atoms with Crippen molar-refractivity contribution in [1.29, 1.82) is 0 Å². The van der Waals surface area contributed by atoms with Gasteiger partial charge in [-0.3, -0.25) is 4.79 Å². The minimum Gasteiger partial charge on any atom is -0.481 e. The van der Waals surface area contributed by atoms with Crippen molar-refractivity contribution in [2.45, 2.75) is 25.3 Å². The largest absolute Gasteiger partial charge is 0.481 e. The first kappa shape index (κ1) is 11.9. The summed E-state index contributed by atoms with van der Waals surface area (Å²) in [7, 11) is 1.56. The van der Waals surface area contributed by atoms with E-state index in [0.717, 1.165) is 25.8 Å². The molecule has 1 atom stereocenters. The number of amides is 1. The predicted molar refractivity (Wildman–Crippen MR) is 65.1 cm³/mol. The van der Waals surface area contributed by atoms with Crippen molar-refractivity contribution in [2.24, 2.45) is 0 Å². The Morgan fingerprint density at radius 3 is 3.00 bits per heavy atom. The molecule has 2 N–H and O–H groups in total. The molecule has 0 bridgehead atoms. The number of carbonyl (C=O) groups excluding carboxylic acids is 1. The zero-order chi connectivity index (χ0) is 12.1. The van der Waals surface area contributed by atoms with Gasteiger partial charge in [-0.15, -0.1) is 0 Å². The molecule has 92 valence electrons. The maximum atomic E-state index is 11.9. The quantitative estimate of drug-likeness (QED) is 0.825. The fourth-order valence-electron chi connectivity index (χ4n) is 1.88. The van der Waals surface area contributed by atoms with Crippen LogP contribution in [0.3, 0.4) is 0 Å². The number of methoxy groups -OCH3 is 1. The summed E-state index contributed by atoms with van der Waals surface area (Å²) in [4.78, 5) is 15.9. The highest BCUT2D eigenvalue weighted by molar-refractivity contribution is 5.94. The van der Waals surface area contributed by atoms with Gasteiger partial charge in [-0.25, -0.2) is 4.98 Å². The third kappa shape index (κ3) is 3.17. The molecule has 1 aromatic rings. The molecule has 1 fully saturated rings. The van der Waals surface area contributed by atoms with E-state index in [-0.39, 0.29) is 11.9 Å². The number of anilines is 1. The predicted octanol–water partition coefficient (Wildman–Crippen LogP) is 1.17. The molecule has 1 saturated heterocycles. The Bertz CT molecular complexity index is 372. The molecular formula is C12H17N3O2. The van der Waals surface area contributed by atoms with E-state index in [2.05, 4.69) is 15.6 Å². The summed E-state index contributed by atoms with van der Waals surface area (Å²) in [6.07, 6.45) is 4.74. The lowest BCUT2D eigenvalue weighted by molar-refractivity contribution is -0.118. The highest BCUT2D eigenvalue weighted by atomic mass is 16.5. The minimum atomic E-state index is -0.0779. The number of nitrogens with one attached hydrogen (secondary N) is 2. The Balaban J connectivity index is 1.92. The lowest BCUT2D eigenvalue weighted by atomic mass is 10.0. The number of pyridine rings is 1. The molecular weight excluding hydrogens is 218 g/mol. The van der Waals surface area contributed by atoms with Gasteiger partial charge in [-0.1, -0.05) is 6.42 Å². The van der Waals surface area contributed by atoms with Gasteiger partial charge in [0.2, 0.25) is 11.8 Å². The van der Waals surface area contributed by atoms with E-state index in [1.165, 1.54) is 0 Å². The molecule has 0 unspecified atom stereocenters. The van der Waals surface area contributed by atoms with Crippen molar-refractivity contribution < 1.29 is 9.53 Å². The van der Waals surface area contributed by atoms with Gasteiger partial charge >= 0.3 is 0 Å². The summed E-state index contributed by atoms with van der Waals surface area (Å²) in [6, 6.07) is 3.43. The van der Waals surface area contributed by atoms with Crippen molar-refractivity contribution in [3.8, 4) is 5.88 Å². The Labute approximate surface area is 101 Å². The van der Waals surface area contributed by atoms with Crippen molar-refractivity contribution in [3.05, 3.63) is 18.3 Å². The van der Waals surface area contributed by atoms with Crippen molar-refractivity contribution in [1.82, 2.24) is 10.3 Å². The van der Waals surface area contributed by atoms with Crippen molar-refractivity contribution >= 4 is 11.6 Å². The van der Waals surface area contributed by atoms with Crippen LogP contribution in [0.15, 0.2) is 18.3 Å². The maximum absolute atomic E-state index is 11.9. The third-order valence-electron chi connectivity index (χ3n) is 2.84. The van der Waals surface area contributed by atoms with E-state index in [4.69, 9.17) is 4.74 Å². The minimum absolute atomic E-state index is 0.0108. The topological polar surface area (TPSA) is 63.2 Å². The van der Waals surface area contributed by atoms with Gasteiger partial charge in [0, 0.05) is 6.07 Å². The summed E-state index contributed by atoms with van der Waals surface area (Å²) in [5.41, 5.74) is 0.697. The summed E-state index contributed by atoms with van der Waals surface area (Å²) >= 11 is 0. The van der Waals surface area contributed by atoms with E-state index in [9.17, 15) is 4.79 Å². The number of hydrogen-bond donors (Lipinski definition) is 2. The Hall–Kier alpha value is -1.62. The monoisotopic (exact) mass is 235 g/mol. The van der Waals surface area contributed by atoms with E-state index in [1.807, 2.05) is 0 Å². The smallest absolute Gasteiger partial charge is 0.241 e. The van der Waals surface area contributed by atoms with E-state index < -0.39 is 0 Å². The number of nitrogens with zero attached hydrogens (tertiary/aromatic N) is 1. The fraction of sp³-hybridized carbons (Fsp3) is 0.500. The molecule has 17 heavy (non-hydrogen) atoms. The SMILES string of the molecule is COc1ccc(NC(=O)[C@@H]2CCCCN2)cn1. The van der Waals surface area contributed by atoms with Gasteiger partial charge < -0.3 is 15.4 Å². The molecule has 1 aliphatic heterocycles. The zero-order valence-corrected chi connectivity index (χ0v) is 9.90. The van der Waals surface area contributed by atoms with Crippen LogP contribution >= 0.6 is 0 Å². The van der Waals surface area contributed by atoms with Crippen LogP contribution in [0.1, 0.15) is 19.3 Å². The summed E-state index contributed by atoms with van der Waals surface area (Å²) in [5.74, 6) is 0.551. The summed E-state index contributed by atoms with van der Waals surface area (Å²) in [5, 5.41) is 6.05. The van der Waals surface area contributed by atoms with Gasteiger partial charge in [0.15, 0.2) is 0 Å². The van der Waals surface area contributed by atoms with Crippen LogP contribution < -0.4 is 15.4 Å². The lowest BCUT2D eigenvalue weighted by Crippen LogP contribution is -2.43. The highest BCUT2D eigenvalue weighted by Gasteiger charge is 2.20. The molecule has 5 heteroatoms. The van der Waals surface area contributed by atoms with Crippen LogP contribution in [-0.4, -0.2) is 30.6 Å². The second kappa shape index (κ2) is 5.63. The van der Waals surface area contributed by atoms with Crippen molar-refractivity contribution in [3.63, 3.8) is 0 Å². The van der Waals surface area contributed by atoms with Crippen LogP contribution in [0.2, 0.25) is 0 Å². The Kier molecular flexibility index (Phi) is 3.93. The number of hydrogen-bond acceptors (Lipinski definition) is 4. The first-order chi connectivity index (χ1) is 8.29. The number of aromatic nitrogens is 1. The average Bonchev–Trinajstić information content (AvgIpc) is 2.40. The van der Waals surface area contributed by atoms with Crippen LogP contribution in [0, 0.1) is 0 Å². The number of piperidine rings is 1. The maximum Gasteiger partial charge on any atom is 0.241 e. The second-order valence-electron chi connectivity index (χ2n) is 4.08. The first-order valence-electron chi connectivity index (χ1n) is 5.84.